The van der Waals surface area contributed by atoms with Gasteiger partial charge in [0, 0.05) is 5.25 Å². The zero-order chi connectivity index (χ0) is 8.97. The highest BCUT2D eigenvalue weighted by atomic mass is 32.1. The van der Waals surface area contributed by atoms with Crippen LogP contribution in [0.15, 0.2) is 11.1 Å². The van der Waals surface area contributed by atoms with E-state index in [2.05, 4.69) is 26.5 Å². The summed E-state index contributed by atoms with van der Waals surface area (Å²) in [5.74, 6) is 0. The quantitative estimate of drug-likeness (QED) is 0.487. The van der Waals surface area contributed by atoms with Crippen LogP contribution in [-0.4, -0.2) is 5.25 Å². The maximum absolute atomic E-state index is 4.51. The van der Waals surface area contributed by atoms with Crippen LogP contribution < -0.4 is 0 Å². The number of hydrogen-bond donors (Lipinski definition) is 1. The van der Waals surface area contributed by atoms with Crippen LogP contribution in [0.3, 0.4) is 0 Å². The van der Waals surface area contributed by atoms with Gasteiger partial charge in [-0.05, 0) is 38.5 Å². The van der Waals surface area contributed by atoms with Crippen molar-refractivity contribution in [1.29, 1.82) is 0 Å². The molecule has 70 valence electrons. The Kier molecular flexibility index (Phi) is 4.20. The van der Waals surface area contributed by atoms with Gasteiger partial charge in [-0.15, -0.1) is 0 Å². The molecule has 0 heterocycles. The minimum atomic E-state index is 0.670. The van der Waals surface area contributed by atoms with Gasteiger partial charge >= 0.3 is 0 Å². The fourth-order valence-corrected chi connectivity index (χ4v) is 2.31. The van der Waals surface area contributed by atoms with E-state index >= 15 is 0 Å². The SMILES string of the molecule is CCC(CC)=C1CCC(S)CC1. The highest BCUT2D eigenvalue weighted by Crippen LogP contribution is 2.30. The molecular formula is C11H20S. The Morgan fingerprint density at radius 1 is 1.25 bits per heavy atom. The topological polar surface area (TPSA) is 0 Å². The zero-order valence-corrected chi connectivity index (χ0v) is 9.16. The first kappa shape index (κ1) is 10.2. The molecule has 0 spiro atoms. The van der Waals surface area contributed by atoms with E-state index in [1.54, 1.807) is 11.1 Å². The molecule has 12 heavy (non-hydrogen) atoms. The van der Waals surface area contributed by atoms with E-state index in [9.17, 15) is 0 Å². The summed E-state index contributed by atoms with van der Waals surface area (Å²) in [6.45, 7) is 4.55. The van der Waals surface area contributed by atoms with Crippen LogP contribution in [0, 0.1) is 0 Å². The van der Waals surface area contributed by atoms with Crippen molar-refractivity contribution in [3.8, 4) is 0 Å². The molecule has 0 saturated heterocycles. The second-order valence-electron chi connectivity index (χ2n) is 3.65. The van der Waals surface area contributed by atoms with Gasteiger partial charge in [-0.3, -0.25) is 0 Å². The van der Waals surface area contributed by atoms with Gasteiger partial charge in [0.1, 0.15) is 0 Å². The first-order chi connectivity index (χ1) is 5.77. The van der Waals surface area contributed by atoms with Crippen LogP contribution in [-0.2, 0) is 0 Å². The molecule has 0 radical (unpaired) electrons. The molecule has 1 saturated carbocycles. The molecular weight excluding hydrogens is 164 g/mol. The van der Waals surface area contributed by atoms with Crippen LogP contribution in [0.4, 0.5) is 0 Å². The van der Waals surface area contributed by atoms with Gasteiger partial charge in [0.05, 0.1) is 0 Å². The summed E-state index contributed by atoms with van der Waals surface area (Å²) in [6.07, 6.45) is 7.71. The number of rotatable bonds is 2. The monoisotopic (exact) mass is 184 g/mol. The second kappa shape index (κ2) is 4.96. The van der Waals surface area contributed by atoms with E-state index in [4.69, 9.17) is 0 Å². The molecule has 0 aromatic carbocycles. The summed E-state index contributed by atoms with van der Waals surface area (Å²) in [5.41, 5.74) is 3.44. The van der Waals surface area contributed by atoms with Crippen molar-refractivity contribution in [2.75, 3.05) is 0 Å². The number of hydrogen-bond acceptors (Lipinski definition) is 1. The van der Waals surface area contributed by atoms with E-state index in [-0.39, 0.29) is 0 Å². The normalized spacial score (nSPS) is 24.2. The second-order valence-corrected chi connectivity index (χ2v) is 4.38. The summed E-state index contributed by atoms with van der Waals surface area (Å²) in [6, 6.07) is 0. The molecule has 0 nitrogen and oxygen atoms in total. The summed E-state index contributed by atoms with van der Waals surface area (Å²) < 4.78 is 0. The van der Waals surface area contributed by atoms with Crippen molar-refractivity contribution in [3.63, 3.8) is 0 Å². The molecule has 0 atom stereocenters. The Labute approximate surface area is 81.8 Å². The van der Waals surface area contributed by atoms with Gasteiger partial charge in [-0.25, -0.2) is 0 Å². The lowest BCUT2D eigenvalue weighted by Crippen LogP contribution is -2.08. The molecule has 0 unspecified atom stereocenters. The Morgan fingerprint density at radius 3 is 2.17 bits per heavy atom. The number of allylic oxidation sites excluding steroid dienone is 2. The summed E-state index contributed by atoms with van der Waals surface area (Å²) >= 11 is 4.51. The highest BCUT2D eigenvalue weighted by Gasteiger charge is 2.14. The van der Waals surface area contributed by atoms with Gasteiger partial charge in [-0.2, -0.15) is 12.6 Å². The van der Waals surface area contributed by atoms with Crippen molar-refractivity contribution in [1.82, 2.24) is 0 Å². The largest absolute Gasteiger partial charge is 0.176 e. The third-order valence-electron chi connectivity index (χ3n) is 2.91. The first-order valence-electron chi connectivity index (χ1n) is 5.15. The van der Waals surface area contributed by atoms with Crippen LogP contribution in [0.5, 0.6) is 0 Å². The molecule has 1 rings (SSSR count). The molecule has 1 heteroatoms. The fourth-order valence-electron chi connectivity index (χ4n) is 2.05. The lowest BCUT2D eigenvalue weighted by Gasteiger charge is -2.22. The average Bonchev–Trinajstić information content (AvgIpc) is 2.10. The molecule has 0 N–H and O–H groups in total. The maximum atomic E-state index is 4.51. The van der Waals surface area contributed by atoms with Crippen molar-refractivity contribution in [2.45, 2.75) is 57.6 Å². The molecule has 0 aromatic rings. The Bertz CT molecular complexity index is 154. The summed E-state index contributed by atoms with van der Waals surface area (Å²) in [7, 11) is 0. The van der Waals surface area contributed by atoms with Crippen LogP contribution in [0.25, 0.3) is 0 Å². The zero-order valence-electron chi connectivity index (χ0n) is 8.27. The summed E-state index contributed by atoms with van der Waals surface area (Å²) in [4.78, 5) is 0. The lowest BCUT2D eigenvalue weighted by atomic mass is 9.89. The molecule has 1 aliphatic rings. The molecule has 1 aliphatic carbocycles. The van der Waals surface area contributed by atoms with E-state index in [1.807, 2.05) is 0 Å². The number of thiol groups is 1. The van der Waals surface area contributed by atoms with Gasteiger partial charge in [-0.1, -0.05) is 25.0 Å². The lowest BCUT2D eigenvalue weighted by molar-refractivity contribution is 0.604. The minimum Gasteiger partial charge on any atom is -0.176 e. The van der Waals surface area contributed by atoms with Crippen molar-refractivity contribution in [3.05, 3.63) is 11.1 Å². The average molecular weight is 184 g/mol. The molecule has 0 amide bonds. The van der Waals surface area contributed by atoms with Crippen molar-refractivity contribution >= 4 is 12.6 Å². The fraction of sp³-hybridized carbons (Fsp3) is 0.818. The standard InChI is InChI=1S/C11H20S/c1-3-9(4-2)10-5-7-11(12)8-6-10/h11-12H,3-8H2,1-2H3. The minimum absolute atomic E-state index is 0.670. The van der Waals surface area contributed by atoms with E-state index in [0.29, 0.717) is 5.25 Å². The molecule has 0 aliphatic heterocycles. The Balaban J connectivity index is 2.56. The van der Waals surface area contributed by atoms with Crippen LogP contribution in [0.1, 0.15) is 52.4 Å². The van der Waals surface area contributed by atoms with Gasteiger partial charge < -0.3 is 0 Å². The predicted octanol–water partition coefficient (Wildman–Crippen LogP) is 3.98. The van der Waals surface area contributed by atoms with E-state index in [0.717, 1.165) is 0 Å². The highest BCUT2D eigenvalue weighted by molar-refractivity contribution is 7.80. The van der Waals surface area contributed by atoms with Crippen LogP contribution in [0.2, 0.25) is 0 Å². The maximum Gasteiger partial charge on any atom is 0.00229 e. The first-order valence-corrected chi connectivity index (χ1v) is 5.67. The third kappa shape index (κ3) is 2.55. The smallest absolute Gasteiger partial charge is 0.00229 e. The Morgan fingerprint density at radius 2 is 1.75 bits per heavy atom. The van der Waals surface area contributed by atoms with E-state index in [1.165, 1.54) is 38.5 Å². The summed E-state index contributed by atoms with van der Waals surface area (Å²) in [5, 5.41) is 0.670. The third-order valence-corrected chi connectivity index (χ3v) is 3.43. The van der Waals surface area contributed by atoms with Gasteiger partial charge in [0.15, 0.2) is 0 Å². The van der Waals surface area contributed by atoms with Gasteiger partial charge in [0.25, 0.3) is 0 Å². The predicted molar refractivity (Wildman–Crippen MR) is 58.9 cm³/mol. The van der Waals surface area contributed by atoms with Crippen LogP contribution >= 0.6 is 12.6 Å². The van der Waals surface area contributed by atoms with Crippen molar-refractivity contribution < 1.29 is 0 Å². The van der Waals surface area contributed by atoms with Crippen molar-refractivity contribution in [2.24, 2.45) is 0 Å². The molecule has 0 aromatic heterocycles. The molecule has 0 bridgehead atoms. The molecule has 1 fully saturated rings. The Hall–Kier alpha value is 0.0900. The van der Waals surface area contributed by atoms with Gasteiger partial charge in [0.2, 0.25) is 0 Å². The van der Waals surface area contributed by atoms with E-state index < -0.39 is 0 Å².